The summed E-state index contributed by atoms with van der Waals surface area (Å²) in [6.07, 6.45) is 3.36. The fourth-order valence-corrected chi connectivity index (χ4v) is 4.85. The lowest BCUT2D eigenvalue weighted by atomic mass is 10.1. The topological polar surface area (TPSA) is 109 Å². The van der Waals surface area contributed by atoms with Crippen molar-refractivity contribution in [1.82, 2.24) is 9.80 Å². The molecule has 0 aromatic heterocycles. The lowest BCUT2D eigenvalue weighted by Gasteiger charge is -2.25. The molecular weight excluding hydrogens is 494 g/mol. The van der Waals surface area contributed by atoms with E-state index in [1.807, 2.05) is 41.3 Å². The maximum atomic E-state index is 13.4. The fraction of sp³-hybridized carbons (Fsp3) is 0.333. The molecule has 4 N–H and O–H groups in total. The molecule has 0 radical (unpaired) electrons. The number of ether oxygens (including phenoxy) is 2. The number of likely N-dealkylation sites (tertiary alicyclic amines) is 1. The van der Waals surface area contributed by atoms with Gasteiger partial charge >= 0.3 is 6.03 Å². The summed E-state index contributed by atoms with van der Waals surface area (Å²) >= 11 is 0. The molecule has 0 bridgehead atoms. The quantitative estimate of drug-likeness (QED) is 0.343. The molecule has 1 saturated heterocycles. The molecule has 39 heavy (non-hydrogen) atoms. The van der Waals surface area contributed by atoms with Gasteiger partial charge in [0.15, 0.2) is 11.5 Å². The number of nitrogens with one attached hydrogen (secondary N) is 2. The summed E-state index contributed by atoms with van der Waals surface area (Å²) < 4.78 is 11.3. The molecule has 2 heterocycles. The molecule has 3 amide bonds. The first-order chi connectivity index (χ1) is 19.0. The van der Waals surface area contributed by atoms with E-state index >= 15 is 0 Å². The molecule has 2 aliphatic heterocycles. The van der Waals surface area contributed by atoms with Crippen LogP contribution in [0, 0.1) is 0 Å². The second-order valence-electron chi connectivity index (χ2n) is 9.85. The summed E-state index contributed by atoms with van der Waals surface area (Å²) in [4.78, 5) is 30.4. The number of carbonyl (C=O) groups is 2. The number of para-hydroxylation sites is 2. The highest BCUT2D eigenvalue weighted by Gasteiger charge is 2.19. The molecular formula is C30H35N5O4. The summed E-state index contributed by atoms with van der Waals surface area (Å²) in [5, 5.41) is 5.86. The number of rotatable bonds is 9. The van der Waals surface area contributed by atoms with Gasteiger partial charge in [-0.1, -0.05) is 24.3 Å². The molecule has 0 atom stereocenters. The lowest BCUT2D eigenvalue weighted by Crippen LogP contribution is -2.36. The van der Waals surface area contributed by atoms with Crippen molar-refractivity contribution in [2.45, 2.75) is 25.8 Å². The van der Waals surface area contributed by atoms with Gasteiger partial charge in [0, 0.05) is 30.4 Å². The van der Waals surface area contributed by atoms with Gasteiger partial charge in [0.05, 0.1) is 11.4 Å². The van der Waals surface area contributed by atoms with Crippen LogP contribution in [0.2, 0.25) is 0 Å². The second kappa shape index (κ2) is 12.5. The number of anilines is 3. The Morgan fingerprint density at radius 3 is 2.41 bits per heavy atom. The van der Waals surface area contributed by atoms with Crippen LogP contribution in [0.5, 0.6) is 11.5 Å². The zero-order chi connectivity index (χ0) is 27.0. The number of hydrogen-bond donors (Lipinski definition) is 3. The predicted molar refractivity (Wildman–Crippen MR) is 152 cm³/mol. The molecule has 9 heteroatoms. The SMILES string of the molecule is Nc1ccccc1NC(=O)c1ccc(CN(CCCN2CCCC2)C(=O)Nc2ccc3c(c2)OCCO3)cc1. The van der Waals surface area contributed by atoms with E-state index in [9.17, 15) is 9.59 Å². The Bertz CT molecular complexity index is 1290. The zero-order valence-corrected chi connectivity index (χ0v) is 22.0. The smallest absolute Gasteiger partial charge is 0.322 e. The van der Waals surface area contributed by atoms with Crippen molar-refractivity contribution in [3.8, 4) is 11.5 Å². The Balaban J connectivity index is 1.24. The number of hydrogen-bond acceptors (Lipinski definition) is 6. The predicted octanol–water partition coefficient (Wildman–Crippen LogP) is 4.81. The first-order valence-corrected chi connectivity index (χ1v) is 13.5. The van der Waals surface area contributed by atoms with Crippen LogP contribution in [0.25, 0.3) is 0 Å². The van der Waals surface area contributed by atoms with E-state index in [0.717, 1.165) is 31.6 Å². The molecule has 0 aliphatic carbocycles. The molecule has 2 aliphatic rings. The fourth-order valence-electron chi connectivity index (χ4n) is 4.85. The van der Waals surface area contributed by atoms with E-state index in [-0.39, 0.29) is 11.9 Å². The number of fused-ring (bicyclic) bond motifs is 1. The van der Waals surface area contributed by atoms with Gasteiger partial charge in [-0.3, -0.25) is 4.79 Å². The Labute approximate surface area is 228 Å². The summed E-state index contributed by atoms with van der Waals surface area (Å²) in [6, 6.07) is 19.7. The van der Waals surface area contributed by atoms with Crippen LogP contribution in [0.1, 0.15) is 35.2 Å². The van der Waals surface area contributed by atoms with Crippen molar-refractivity contribution in [3.63, 3.8) is 0 Å². The van der Waals surface area contributed by atoms with Crippen LogP contribution in [-0.4, -0.2) is 61.1 Å². The van der Waals surface area contributed by atoms with Crippen LogP contribution in [-0.2, 0) is 6.54 Å². The number of amides is 3. The number of nitrogen functional groups attached to an aromatic ring is 1. The standard InChI is InChI=1S/C30H35N5O4/c31-25-6-1-2-7-26(25)33-29(36)23-10-8-22(9-11-23)21-35(17-5-16-34-14-3-4-15-34)30(37)32-24-12-13-27-28(20-24)39-19-18-38-27/h1-2,6-13,20H,3-5,14-19,21,31H2,(H,32,37)(H,33,36). The van der Waals surface area contributed by atoms with Gasteiger partial charge in [0.1, 0.15) is 13.2 Å². The Morgan fingerprint density at radius 1 is 0.897 bits per heavy atom. The summed E-state index contributed by atoms with van der Waals surface area (Å²) in [7, 11) is 0. The summed E-state index contributed by atoms with van der Waals surface area (Å²) in [5.41, 5.74) is 9.14. The molecule has 0 saturated carbocycles. The molecule has 5 rings (SSSR count). The van der Waals surface area contributed by atoms with Crippen molar-refractivity contribution in [2.24, 2.45) is 0 Å². The Kier molecular flexibility index (Phi) is 8.48. The van der Waals surface area contributed by atoms with Crippen molar-refractivity contribution < 1.29 is 19.1 Å². The number of benzene rings is 3. The van der Waals surface area contributed by atoms with Gasteiger partial charge in [-0.15, -0.1) is 0 Å². The van der Waals surface area contributed by atoms with Crippen molar-refractivity contribution in [2.75, 3.05) is 55.8 Å². The van der Waals surface area contributed by atoms with Crippen molar-refractivity contribution >= 4 is 29.0 Å². The number of carbonyl (C=O) groups excluding carboxylic acids is 2. The summed E-state index contributed by atoms with van der Waals surface area (Å²) in [6.45, 7) is 5.26. The third kappa shape index (κ3) is 7.00. The largest absolute Gasteiger partial charge is 0.486 e. The van der Waals surface area contributed by atoms with Crippen LogP contribution in [0.4, 0.5) is 21.9 Å². The number of nitrogens with zero attached hydrogens (tertiary/aromatic N) is 2. The monoisotopic (exact) mass is 529 g/mol. The molecule has 0 spiro atoms. The molecule has 0 unspecified atom stereocenters. The lowest BCUT2D eigenvalue weighted by molar-refractivity contribution is 0.102. The first kappa shape index (κ1) is 26.4. The Hall–Kier alpha value is -4.24. The maximum absolute atomic E-state index is 13.4. The minimum atomic E-state index is -0.238. The molecule has 1 fully saturated rings. The first-order valence-electron chi connectivity index (χ1n) is 13.5. The zero-order valence-electron chi connectivity index (χ0n) is 22.0. The van der Waals surface area contributed by atoms with Gasteiger partial charge in [0.2, 0.25) is 0 Å². The number of nitrogens with two attached hydrogens (primary N) is 1. The van der Waals surface area contributed by atoms with Crippen LogP contribution in [0.15, 0.2) is 66.7 Å². The van der Waals surface area contributed by atoms with Gasteiger partial charge < -0.3 is 35.6 Å². The van der Waals surface area contributed by atoms with E-state index in [2.05, 4.69) is 15.5 Å². The summed E-state index contributed by atoms with van der Waals surface area (Å²) in [5.74, 6) is 1.07. The van der Waals surface area contributed by atoms with Crippen molar-refractivity contribution in [1.29, 1.82) is 0 Å². The molecule has 3 aromatic rings. The maximum Gasteiger partial charge on any atom is 0.322 e. The molecule has 9 nitrogen and oxygen atoms in total. The number of urea groups is 1. The molecule has 3 aromatic carbocycles. The Morgan fingerprint density at radius 2 is 1.64 bits per heavy atom. The van der Waals surface area contributed by atoms with E-state index in [4.69, 9.17) is 15.2 Å². The van der Waals surface area contributed by atoms with E-state index in [0.29, 0.717) is 60.4 Å². The van der Waals surface area contributed by atoms with Crippen LogP contribution in [0.3, 0.4) is 0 Å². The van der Waals surface area contributed by atoms with E-state index in [1.165, 1.54) is 12.8 Å². The molecule has 204 valence electrons. The highest BCUT2D eigenvalue weighted by Crippen LogP contribution is 2.32. The average molecular weight is 530 g/mol. The normalized spacial score (nSPS) is 14.6. The average Bonchev–Trinajstić information content (AvgIpc) is 3.47. The van der Waals surface area contributed by atoms with Gasteiger partial charge in [-0.2, -0.15) is 0 Å². The van der Waals surface area contributed by atoms with Crippen molar-refractivity contribution in [3.05, 3.63) is 77.9 Å². The van der Waals surface area contributed by atoms with Gasteiger partial charge in [-0.25, -0.2) is 4.79 Å². The van der Waals surface area contributed by atoms with E-state index in [1.54, 1.807) is 30.3 Å². The van der Waals surface area contributed by atoms with Gasteiger partial charge in [0.25, 0.3) is 5.91 Å². The second-order valence-corrected chi connectivity index (χ2v) is 9.85. The highest BCUT2D eigenvalue weighted by atomic mass is 16.6. The van der Waals surface area contributed by atoms with Crippen LogP contribution >= 0.6 is 0 Å². The van der Waals surface area contributed by atoms with Crippen LogP contribution < -0.4 is 25.8 Å². The highest BCUT2D eigenvalue weighted by molar-refractivity contribution is 6.05. The minimum absolute atomic E-state index is 0.186. The third-order valence-corrected chi connectivity index (χ3v) is 6.98. The van der Waals surface area contributed by atoms with E-state index < -0.39 is 0 Å². The minimum Gasteiger partial charge on any atom is -0.486 e. The third-order valence-electron chi connectivity index (χ3n) is 6.98. The van der Waals surface area contributed by atoms with Gasteiger partial charge in [-0.05, 0) is 80.9 Å².